The summed E-state index contributed by atoms with van der Waals surface area (Å²) in [5, 5.41) is 8.49. The van der Waals surface area contributed by atoms with Crippen LogP contribution in [0.4, 0.5) is 5.69 Å². The van der Waals surface area contributed by atoms with Gasteiger partial charge in [0.1, 0.15) is 0 Å². The summed E-state index contributed by atoms with van der Waals surface area (Å²) in [5.74, 6) is -1.25. The second kappa shape index (κ2) is 5.83. The topological polar surface area (TPSA) is 109 Å². The van der Waals surface area contributed by atoms with Crippen molar-refractivity contribution in [1.82, 2.24) is 9.97 Å². The average Bonchev–Trinajstić information content (AvgIpc) is 2.37. The number of fused-ring (bicyclic) bond motifs is 1. The molecule has 0 unspecified atom stereocenters. The molecule has 2 rings (SSSR count). The molecule has 7 nitrogen and oxygen atoms in total. The van der Waals surface area contributed by atoms with Gasteiger partial charge in [-0.25, -0.2) is 8.42 Å². The van der Waals surface area contributed by atoms with Crippen molar-refractivity contribution in [3.63, 3.8) is 0 Å². The number of benzene rings is 1. The van der Waals surface area contributed by atoms with Gasteiger partial charge in [0.2, 0.25) is 10.0 Å². The van der Waals surface area contributed by atoms with E-state index in [4.69, 9.17) is 5.11 Å². The summed E-state index contributed by atoms with van der Waals surface area (Å²) in [6.45, 7) is 0. The van der Waals surface area contributed by atoms with Crippen LogP contribution in [-0.2, 0) is 14.8 Å². The van der Waals surface area contributed by atoms with E-state index in [1.165, 1.54) is 6.20 Å². The number of carboxylic acid groups (broad SMARTS) is 1. The van der Waals surface area contributed by atoms with Gasteiger partial charge in [0.15, 0.2) is 0 Å². The number of nitrogens with one attached hydrogen (secondary N) is 1. The lowest BCUT2D eigenvalue weighted by Gasteiger charge is -2.07. The van der Waals surface area contributed by atoms with Crippen LogP contribution in [0.5, 0.6) is 0 Å². The molecule has 1 heterocycles. The molecule has 2 aromatic rings. The van der Waals surface area contributed by atoms with E-state index in [0.29, 0.717) is 16.7 Å². The summed E-state index contributed by atoms with van der Waals surface area (Å²) in [5.41, 5.74) is 1.63. The van der Waals surface area contributed by atoms with Crippen LogP contribution in [0, 0.1) is 0 Å². The standard InChI is InChI=1S/C12H13N3O4S/c16-12(17)2-1-7-20(18,19)15-9-3-4-10-11(8-9)14-6-5-13-10/h3-6,8,15H,1-2,7H2,(H,16,17). The molecule has 0 spiro atoms. The van der Waals surface area contributed by atoms with Crippen LogP contribution >= 0.6 is 0 Å². The third-order valence-corrected chi connectivity index (χ3v) is 3.92. The second-order valence-corrected chi connectivity index (χ2v) is 6.02. The minimum absolute atomic E-state index is 0.0675. The van der Waals surface area contributed by atoms with Gasteiger partial charge in [-0.1, -0.05) is 0 Å². The largest absolute Gasteiger partial charge is 0.481 e. The molecule has 0 saturated heterocycles. The first-order valence-corrected chi connectivity index (χ1v) is 7.54. The highest BCUT2D eigenvalue weighted by Crippen LogP contribution is 2.16. The van der Waals surface area contributed by atoms with E-state index in [2.05, 4.69) is 14.7 Å². The van der Waals surface area contributed by atoms with E-state index in [1.54, 1.807) is 24.4 Å². The van der Waals surface area contributed by atoms with Crippen LogP contribution in [0.2, 0.25) is 0 Å². The first kappa shape index (κ1) is 14.2. The van der Waals surface area contributed by atoms with Crippen molar-refractivity contribution < 1.29 is 18.3 Å². The van der Waals surface area contributed by atoms with E-state index in [0.717, 1.165) is 0 Å². The predicted molar refractivity (Wildman–Crippen MR) is 73.8 cm³/mol. The maximum absolute atomic E-state index is 11.8. The highest BCUT2D eigenvalue weighted by atomic mass is 32.2. The summed E-state index contributed by atoms with van der Waals surface area (Å²) in [4.78, 5) is 18.5. The van der Waals surface area contributed by atoms with Crippen LogP contribution in [0.25, 0.3) is 11.0 Å². The zero-order chi connectivity index (χ0) is 14.6. The number of rotatable bonds is 6. The molecule has 1 aromatic heterocycles. The molecule has 8 heteroatoms. The Bertz CT molecular complexity index is 730. The van der Waals surface area contributed by atoms with Crippen LogP contribution in [-0.4, -0.2) is 35.2 Å². The monoisotopic (exact) mass is 295 g/mol. The van der Waals surface area contributed by atoms with Crippen LogP contribution in [0.3, 0.4) is 0 Å². The van der Waals surface area contributed by atoms with Gasteiger partial charge >= 0.3 is 5.97 Å². The minimum Gasteiger partial charge on any atom is -0.481 e. The number of carbonyl (C=O) groups is 1. The molecule has 0 aliphatic carbocycles. The number of aliphatic carboxylic acids is 1. The summed E-state index contributed by atoms with van der Waals surface area (Å²) in [6, 6.07) is 4.83. The maximum Gasteiger partial charge on any atom is 0.303 e. The van der Waals surface area contributed by atoms with Gasteiger partial charge < -0.3 is 5.11 Å². The van der Waals surface area contributed by atoms with Crippen LogP contribution in [0.1, 0.15) is 12.8 Å². The lowest BCUT2D eigenvalue weighted by atomic mass is 10.3. The van der Waals surface area contributed by atoms with E-state index < -0.39 is 16.0 Å². The highest BCUT2D eigenvalue weighted by molar-refractivity contribution is 7.92. The van der Waals surface area contributed by atoms with Crippen molar-refractivity contribution in [3.05, 3.63) is 30.6 Å². The molecule has 20 heavy (non-hydrogen) atoms. The summed E-state index contributed by atoms with van der Waals surface area (Å²) >= 11 is 0. The molecule has 0 aliphatic heterocycles. The van der Waals surface area contributed by atoms with Gasteiger partial charge in [0.25, 0.3) is 0 Å². The van der Waals surface area contributed by atoms with Crippen molar-refractivity contribution in [2.75, 3.05) is 10.5 Å². The molecule has 0 fully saturated rings. The van der Waals surface area contributed by atoms with E-state index in [-0.39, 0.29) is 18.6 Å². The Morgan fingerprint density at radius 2 is 1.90 bits per heavy atom. The van der Waals surface area contributed by atoms with Crippen LogP contribution in [0.15, 0.2) is 30.6 Å². The Hall–Kier alpha value is -2.22. The number of hydrogen-bond acceptors (Lipinski definition) is 5. The Labute approximate surface area is 115 Å². The SMILES string of the molecule is O=C(O)CCCS(=O)(=O)Nc1ccc2nccnc2c1. The Kier molecular flexibility index (Phi) is 4.14. The lowest BCUT2D eigenvalue weighted by Crippen LogP contribution is -2.17. The Morgan fingerprint density at radius 1 is 1.20 bits per heavy atom. The number of carboxylic acids is 1. The first-order chi connectivity index (χ1) is 9.46. The second-order valence-electron chi connectivity index (χ2n) is 4.18. The zero-order valence-corrected chi connectivity index (χ0v) is 11.3. The third-order valence-electron chi connectivity index (χ3n) is 2.55. The van der Waals surface area contributed by atoms with E-state index >= 15 is 0 Å². The van der Waals surface area contributed by atoms with Crippen molar-refractivity contribution in [2.24, 2.45) is 0 Å². The molecule has 0 bridgehead atoms. The fourth-order valence-corrected chi connectivity index (χ4v) is 2.78. The van der Waals surface area contributed by atoms with Gasteiger partial charge in [-0.05, 0) is 24.6 Å². The van der Waals surface area contributed by atoms with Crippen molar-refractivity contribution in [2.45, 2.75) is 12.8 Å². The number of hydrogen-bond donors (Lipinski definition) is 2. The Balaban J connectivity index is 2.08. The van der Waals surface area contributed by atoms with E-state index in [9.17, 15) is 13.2 Å². The number of nitrogens with zero attached hydrogens (tertiary/aromatic N) is 2. The molecule has 0 aliphatic rings. The summed E-state index contributed by atoms with van der Waals surface area (Å²) in [7, 11) is -3.56. The number of sulfonamides is 1. The van der Waals surface area contributed by atoms with Gasteiger partial charge in [0.05, 0.1) is 22.5 Å². The van der Waals surface area contributed by atoms with Gasteiger partial charge in [0, 0.05) is 18.8 Å². The molecule has 2 N–H and O–H groups in total. The van der Waals surface area contributed by atoms with E-state index in [1.807, 2.05) is 0 Å². The molecular formula is C12H13N3O4S. The molecule has 106 valence electrons. The molecule has 0 radical (unpaired) electrons. The third kappa shape index (κ3) is 3.89. The van der Waals surface area contributed by atoms with Crippen molar-refractivity contribution in [1.29, 1.82) is 0 Å². The summed E-state index contributed by atoms with van der Waals surface area (Å²) in [6.07, 6.45) is 2.97. The fraction of sp³-hybridized carbons (Fsp3) is 0.250. The number of aromatic nitrogens is 2. The lowest BCUT2D eigenvalue weighted by molar-refractivity contribution is -0.137. The zero-order valence-electron chi connectivity index (χ0n) is 10.5. The average molecular weight is 295 g/mol. The molecular weight excluding hydrogens is 282 g/mol. The minimum atomic E-state index is -3.56. The summed E-state index contributed by atoms with van der Waals surface area (Å²) < 4.78 is 26.0. The maximum atomic E-state index is 11.8. The normalized spacial score (nSPS) is 11.4. The quantitative estimate of drug-likeness (QED) is 0.829. The molecule has 1 aromatic carbocycles. The smallest absolute Gasteiger partial charge is 0.303 e. The van der Waals surface area contributed by atoms with Gasteiger partial charge in [-0.2, -0.15) is 0 Å². The molecule has 0 amide bonds. The van der Waals surface area contributed by atoms with Crippen molar-refractivity contribution in [3.8, 4) is 0 Å². The molecule has 0 atom stereocenters. The Morgan fingerprint density at radius 3 is 2.60 bits per heavy atom. The highest BCUT2D eigenvalue weighted by Gasteiger charge is 2.12. The number of anilines is 1. The van der Waals surface area contributed by atoms with Crippen molar-refractivity contribution >= 4 is 32.7 Å². The van der Waals surface area contributed by atoms with Crippen LogP contribution < -0.4 is 4.72 Å². The molecule has 0 saturated carbocycles. The first-order valence-electron chi connectivity index (χ1n) is 5.89. The fourth-order valence-electron chi connectivity index (χ4n) is 1.67. The van der Waals surface area contributed by atoms with Gasteiger partial charge in [-0.3, -0.25) is 19.5 Å². The predicted octanol–water partition coefficient (Wildman–Crippen LogP) is 1.24. The van der Waals surface area contributed by atoms with Gasteiger partial charge in [-0.15, -0.1) is 0 Å².